The second-order valence-electron chi connectivity index (χ2n) is 7.89. The third kappa shape index (κ3) is 6.48. The van der Waals surface area contributed by atoms with E-state index < -0.39 is 0 Å². The zero-order valence-corrected chi connectivity index (χ0v) is 19.1. The first-order valence-electron chi connectivity index (χ1n) is 9.55. The highest BCUT2D eigenvalue weighted by atomic mass is 35.5. The highest BCUT2D eigenvalue weighted by Gasteiger charge is 2.38. The molecule has 160 valence electrons. The van der Waals surface area contributed by atoms with Gasteiger partial charge in [-0.15, -0.1) is 24.8 Å². The lowest BCUT2D eigenvalue weighted by Gasteiger charge is -2.35. The van der Waals surface area contributed by atoms with Gasteiger partial charge in [0.25, 0.3) is 0 Å². The molecule has 2 heterocycles. The molecule has 2 aliphatic rings. The van der Waals surface area contributed by atoms with Crippen LogP contribution in [-0.4, -0.2) is 55.7 Å². The second kappa shape index (κ2) is 11.6. The van der Waals surface area contributed by atoms with Crippen LogP contribution in [0.25, 0.3) is 0 Å². The molecule has 4 atom stereocenters. The van der Waals surface area contributed by atoms with Crippen molar-refractivity contribution < 1.29 is 9.53 Å². The lowest BCUT2D eigenvalue weighted by Crippen LogP contribution is -2.48. The molecule has 8 heteroatoms. The molecule has 1 amide bonds. The summed E-state index contributed by atoms with van der Waals surface area (Å²) in [7, 11) is 1.86. The number of nitrogens with one attached hydrogen (secondary N) is 2. The summed E-state index contributed by atoms with van der Waals surface area (Å²) in [5, 5.41) is 7.12. The van der Waals surface area contributed by atoms with Crippen LogP contribution in [0.5, 0.6) is 0 Å². The molecule has 5 nitrogen and oxygen atoms in total. The van der Waals surface area contributed by atoms with E-state index in [9.17, 15) is 4.79 Å². The van der Waals surface area contributed by atoms with Gasteiger partial charge in [-0.2, -0.15) is 0 Å². The van der Waals surface area contributed by atoms with Gasteiger partial charge < -0.3 is 15.4 Å². The summed E-state index contributed by atoms with van der Waals surface area (Å²) >= 11 is 5.98. The van der Waals surface area contributed by atoms with Gasteiger partial charge in [0.1, 0.15) is 0 Å². The fourth-order valence-corrected chi connectivity index (χ4v) is 4.11. The third-order valence-corrected chi connectivity index (χ3v) is 5.63. The van der Waals surface area contributed by atoms with Crippen LogP contribution in [0, 0.1) is 5.92 Å². The maximum Gasteiger partial charge on any atom is 0.237 e. The average molecular weight is 453 g/mol. The second-order valence-corrected chi connectivity index (χ2v) is 8.33. The zero-order valence-electron chi connectivity index (χ0n) is 16.7. The molecule has 0 spiro atoms. The standard InChI is InChI=1S/C20H30ClN3O2.2ClH/c1-13(2)8-18(22-3)20(25)23-16-9-17-12-26-19(11-24(17)10-16)14-4-6-15(21)7-5-14;;/h4-7,13,16-19,22H,8-12H2,1-3H3,(H,23,25);2*1H/t16-,17-,18-,19+;;/m0../s1. The largest absolute Gasteiger partial charge is 0.371 e. The summed E-state index contributed by atoms with van der Waals surface area (Å²) in [6.07, 6.45) is 1.88. The summed E-state index contributed by atoms with van der Waals surface area (Å²) in [6.45, 7) is 6.74. The van der Waals surface area contributed by atoms with E-state index in [4.69, 9.17) is 16.3 Å². The van der Waals surface area contributed by atoms with Crippen LogP contribution in [0.4, 0.5) is 0 Å². The highest BCUT2D eigenvalue weighted by Crippen LogP contribution is 2.30. The molecule has 3 rings (SSSR count). The van der Waals surface area contributed by atoms with Gasteiger partial charge in [0, 0.05) is 30.2 Å². The third-order valence-electron chi connectivity index (χ3n) is 5.38. The first-order chi connectivity index (χ1) is 12.5. The van der Waals surface area contributed by atoms with E-state index in [1.54, 1.807) is 0 Å². The Kier molecular flexibility index (Phi) is 10.5. The van der Waals surface area contributed by atoms with Crippen molar-refractivity contribution in [1.82, 2.24) is 15.5 Å². The van der Waals surface area contributed by atoms with Crippen LogP contribution in [0.3, 0.4) is 0 Å². The normalized spacial score (nSPS) is 25.4. The van der Waals surface area contributed by atoms with Crippen molar-refractivity contribution in [2.45, 2.75) is 50.9 Å². The number of likely N-dealkylation sites (N-methyl/N-ethyl adjacent to an activating group) is 1. The zero-order chi connectivity index (χ0) is 18.7. The molecule has 0 radical (unpaired) electrons. The van der Waals surface area contributed by atoms with Gasteiger partial charge in [-0.3, -0.25) is 9.69 Å². The SMILES string of the molecule is CN[C@@H](CC(C)C)C(=O)N[C@H]1C[C@H]2CO[C@@H](c3ccc(Cl)cc3)CN2C1.Cl.Cl. The number of amides is 1. The van der Waals surface area contributed by atoms with Crippen molar-refractivity contribution in [2.75, 3.05) is 26.7 Å². The molecule has 2 saturated heterocycles. The number of carbonyl (C=O) groups excluding carboxylic acids is 1. The molecule has 2 fully saturated rings. The van der Waals surface area contributed by atoms with Crippen molar-refractivity contribution in [3.8, 4) is 0 Å². The van der Waals surface area contributed by atoms with Crippen LogP contribution < -0.4 is 10.6 Å². The maximum absolute atomic E-state index is 12.6. The molecule has 0 aromatic heterocycles. The molecule has 1 aromatic carbocycles. The van der Waals surface area contributed by atoms with E-state index in [-0.39, 0.29) is 48.9 Å². The first kappa shape index (κ1) is 25.5. The van der Waals surface area contributed by atoms with Crippen molar-refractivity contribution >= 4 is 42.3 Å². The van der Waals surface area contributed by atoms with Crippen LogP contribution in [0.1, 0.15) is 38.4 Å². The van der Waals surface area contributed by atoms with Gasteiger partial charge in [-0.05, 0) is 43.5 Å². The molecule has 2 N–H and O–H groups in total. The minimum atomic E-state index is -0.120. The molecular weight excluding hydrogens is 421 g/mol. The van der Waals surface area contributed by atoms with Crippen molar-refractivity contribution in [2.24, 2.45) is 5.92 Å². The Morgan fingerprint density at radius 1 is 1.25 bits per heavy atom. The number of halogens is 3. The quantitative estimate of drug-likeness (QED) is 0.694. The van der Waals surface area contributed by atoms with E-state index in [0.29, 0.717) is 18.6 Å². The van der Waals surface area contributed by atoms with Gasteiger partial charge in [0.2, 0.25) is 5.91 Å². The number of carbonyl (C=O) groups is 1. The number of benzene rings is 1. The van der Waals surface area contributed by atoms with Crippen LogP contribution >= 0.6 is 36.4 Å². The summed E-state index contributed by atoms with van der Waals surface area (Å²) in [5.74, 6) is 0.600. The van der Waals surface area contributed by atoms with Crippen LogP contribution in [0.2, 0.25) is 5.02 Å². The van der Waals surface area contributed by atoms with E-state index in [0.717, 1.165) is 36.5 Å². The fourth-order valence-electron chi connectivity index (χ4n) is 3.99. The molecular formula is C20H32Cl3N3O2. The maximum atomic E-state index is 12.6. The number of hydrogen-bond donors (Lipinski definition) is 2. The Balaban J connectivity index is 0.00000196. The van der Waals surface area contributed by atoms with Crippen LogP contribution in [-0.2, 0) is 9.53 Å². The monoisotopic (exact) mass is 451 g/mol. The van der Waals surface area contributed by atoms with Crippen molar-refractivity contribution in [1.29, 1.82) is 0 Å². The Bertz CT molecular complexity index is 615. The Labute approximate surface area is 185 Å². The Morgan fingerprint density at radius 3 is 2.54 bits per heavy atom. The summed E-state index contributed by atoms with van der Waals surface area (Å²) in [6, 6.07) is 8.35. The predicted octanol–water partition coefficient (Wildman–Crippen LogP) is 3.45. The smallest absolute Gasteiger partial charge is 0.237 e. The minimum absolute atomic E-state index is 0. The van der Waals surface area contributed by atoms with E-state index >= 15 is 0 Å². The summed E-state index contributed by atoms with van der Waals surface area (Å²) < 4.78 is 6.08. The minimum Gasteiger partial charge on any atom is -0.371 e. The van der Waals surface area contributed by atoms with Gasteiger partial charge in [0.05, 0.1) is 18.8 Å². The number of nitrogens with zero attached hydrogens (tertiary/aromatic N) is 1. The van der Waals surface area contributed by atoms with Gasteiger partial charge in [0.15, 0.2) is 0 Å². The molecule has 0 unspecified atom stereocenters. The average Bonchev–Trinajstić information content (AvgIpc) is 3.01. The topological polar surface area (TPSA) is 53.6 Å². The van der Waals surface area contributed by atoms with E-state index in [1.807, 2.05) is 31.3 Å². The Hall–Kier alpha value is -0.560. The first-order valence-corrected chi connectivity index (χ1v) is 9.92. The molecule has 28 heavy (non-hydrogen) atoms. The summed E-state index contributed by atoms with van der Waals surface area (Å²) in [4.78, 5) is 15.0. The van der Waals surface area contributed by atoms with Gasteiger partial charge in [-0.25, -0.2) is 0 Å². The number of ether oxygens (including phenoxy) is 1. The predicted molar refractivity (Wildman–Crippen MR) is 119 cm³/mol. The van der Waals surface area contributed by atoms with E-state index in [1.165, 1.54) is 0 Å². The molecule has 0 bridgehead atoms. The van der Waals surface area contributed by atoms with Crippen LogP contribution in [0.15, 0.2) is 24.3 Å². The number of fused-ring (bicyclic) bond motifs is 1. The number of rotatable bonds is 6. The van der Waals surface area contributed by atoms with E-state index in [2.05, 4.69) is 29.4 Å². The lowest BCUT2D eigenvalue weighted by molar-refractivity contribution is -0.124. The molecule has 0 saturated carbocycles. The highest BCUT2D eigenvalue weighted by molar-refractivity contribution is 6.30. The molecule has 2 aliphatic heterocycles. The molecule has 1 aromatic rings. The summed E-state index contributed by atoms with van der Waals surface area (Å²) in [5.41, 5.74) is 1.16. The van der Waals surface area contributed by atoms with Crippen molar-refractivity contribution in [3.63, 3.8) is 0 Å². The number of hydrogen-bond acceptors (Lipinski definition) is 4. The van der Waals surface area contributed by atoms with Gasteiger partial charge in [-0.1, -0.05) is 37.6 Å². The lowest BCUT2D eigenvalue weighted by atomic mass is 10.0. The Morgan fingerprint density at radius 2 is 1.93 bits per heavy atom. The van der Waals surface area contributed by atoms with Crippen molar-refractivity contribution in [3.05, 3.63) is 34.9 Å². The number of morpholine rings is 1. The molecule has 0 aliphatic carbocycles. The fraction of sp³-hybridized carbons (Fsp3) is 0.650. The van der Waals surface area contributed by atoms with Gasteiger partial charge >= 0.3 is 0 Å².